The fraction of sp³-hybridized carbons (Fsp3) is 0.381. The maximum Gasteiger partial charge on any atom is 0.259 e. The zero-order valence-electron chi connectivity index (χ0n) is 16.2. The van der Waals surface area contributed by atoms with E-state index in [1.807, 2.05) is 30.5 Å². The zero-order chi connectivity index (χ0) is 20.2. The molecule has 3 aromatic rings. The highest BCUT2D eigenvalue weighted by Gasteiger charge is 2.19. The molecule has 0 fully saturated rings. The number of hydrogen-bond acceptors (Lipinski definition) is 6. The number of carbonyl (C=O) groups is 1. The third-order valence-electron chi connectivity index (χ3n) is 4.94. The molecular formula is C21H23N3O2S3. The largest absolute Gasteiger partial charge is 0.326 e. The van der Waals surface area contributed by atoms with Gasteiger partial charge < -0.3 is 10.3 Å². The van der Waals surface area contributed by atoms with Crippen molar-refractivity contribution in [2.45, 2.75) is 42.8 Å². The number of anilines is 1. The van der Waals surface area contributed by atoms with E-state index in [2.05, 4.69) is 15.3 Å². The van der Waals surface area contributed by atoms with Crippen molar-refractivity contribution in [2.75, 3.05) is 17.3 Å². The van der Waals surface area contributed by atoms with Gasteiger partial charge in [0.1, 0.15) is 10.7 Å². The summed E-state index contributed by atoms with van der Waals surface area (Å²) in [5.74, 6) is 1.97. The molecule has 1 aliphatic carbocycles. The quantitative estimate of drug-likeness (QED) is 0.402. The molecule has 152 valence electrons. The monoisotopic (exact) mass is 445 g/mol. The van der Waals surface area contributed by atoms with E-state index < -0.39 is 0 Å². The summed E-state index contributed by atoms with van der Waals surface area (Å²) < 4.78 is 0. The van der Waals surface area contributed by atoms with E-state index in [0.29, 0.717) is 23.8 Å². The van der Waals surface area contributed by atoms with Gasteiger partial charge in [0.05, 0.1) is 11.1 Å². The standard InChI is InChI=1S/C21H23N3O2S3/c1-27-14-6-4-5-13(11-14)22-18(25)9-10-28-12-17-23-20(26)19-15-7-2-3-8-16(15)29-21(19)24-17/h4-6,11H,2-3,7-10,12H2,1H3,(H,22,25)(H,23,24,26). The molecule has 0 unspecified atom stereocenters. The van der Waals surface area contributed by atoms with E-state index in [1.54, 1.807) is 34.9 Å². The number of aromatic amines is 1. The Kier molecular flexibility index (Phi) is 6.62. The van der Waals surface area contributed by atoms with Crippen molar-refractivity contribution in [3.8, 4) is 0 Å². The summed E-state index contributed by atoms with van der Waals surface area (Å²) in [4.78, 5) is 35.7. The first-order chi connectivity index (χ1) is 14.1. The van der Waals surface area contributed by atoms with Crippen molar-refractivity contribution >= 4 is 56.7 Å². The summed E-state index contributed by atoms with van der Waals surface area (Å²) in [6.07, 6.45) is 6.84. The SMILES string of the molecule is CSc1cccc(NC(=O)CCSCc2nc3sc4c(c3c(=O)[nH]2)CCCC4)c1. The number of benzene rings is 1. The van der Waals surface area contributed by atoms with E-state index in [9.17, 15) is 9.59 Å². The number of thioether (sulfide) groups is 2. The molecule has 2 N–H and O–H groups in total. The van der Waals surface area contributed by atoms with Crippen LogP contribution in [0.5, 0.6) is 0 Å². The second-order valence-electron chi connectivity index (χ2n) is 6.99. The molecule has 8 heteroatoms. The summed E-state index contributed by atoms with van der Waals surface area (Å²) >= 11 is 4.93. The number of hydrogen-bond donors (Lipinski definition) is 2. The molecule has 2 aromatic heterocycles. The van der Waals surface area contributed by atoms with Crippen LogP contribution >= 0.6 is 34.9 Å². The number of thiophene rings is 1. The number of fused-ring (bicyclic) bond motifs is 3. The first kappa shape index (κ1) is 20.5. The van der Waals surface area contributed by atoms with E-state index in [4.69, 9.17) is 0 Å². The van der Waals surface area contributed by atoms with Gasteiger partial charge in [0, 0.05) is 27.6 Å². The predicted octanol–water partition coefficient (Wildman–Crippen LogP) is 4.85. The van der Waals surface area contributed by atoms with Gasteiger partial charge in [0.25, 0.3) is 5.56 Å². The fourth-order valence-electron chi connectivity index (χ4n) is 3.53. The minimum atomic E-state index is -0.0172. The van der Waals surface area contributed by atoms with Gasteiger partial charge >= 0.3 is 0 Å². The van der Waals surface area contributed by atoms with Crippen molar-refractivity contribution in [1.29, 1.82) is 0 Å². The van der Waals surface area contributed by atoms with Gasteiger partial charge in [-0.15, -0.1) is 23.1 Å². The summed E-state index contributed by atoms with van der Waals surface area (Å²) in [5.41, 5.74) is 2.02. The Bertz CT molecular complexity index is 1090. The lowest BCUT2D eigenvalue weighted by atomic mass is 9.97. The highest BCUT2D eigenvalue weighted by molar-refractivity contribution is 7.98. The van der Waals surface area contributed by atoms with Gasteiger partial charge in [-0.1, -0.05) is 6.07 Å². The minimum absolute atomic E-state index is 0.00131. The fourth-order valence-corrected chi connectivity index (χ4v) is 6.08. The van der Waals surface area contributed by atoms with E-state index >= 15 is 0 Å². The average molecular weight is 446 g/mol. The summed E-state index contributed by atoms with van der Waals surface area (Å²) in [6, 6.07) is 7.83. The molecule has 0 aliphatic heterocycles. The van der Waals surface area contributed by atoms with Crippen LogP contribution in [0.3, 0.4) is 0 Å². The van der Waals surface area contributed by atoms with Crippen LogP contribution in [0.15, 0.2) is 34.0 Å². The lowest BCUT2D eigenvalue weighted by Crippen LogP contribution is -2.13. The van der Waals surface area contributed by atoms with E-state index in [-0.39, 0.29) is 11.5 Å². The predicted molar refractivity (Wildman–Crippen MR) is 125 cm³/mol. The van der Waals surface area contributed by atoms with Gasteiger partial charge in [0.15, 0.2) is 0 Å². The Morgan fingerprint density at radius 2 is 2.17 bits per heavy atom. The second-order valence-corrected chi connectivity index (χ2v) is 10.1. The molecule has 1 aromatic carbocycles. The third-order valence-corrected chi connectivity index (χ3v) is 7.82. The van der Waals surface area contributed by atoms with Crippen LogP contribution in [-0.2, 0) is 23.4 Å². The van der Waals surface area contributed by atoms with Crippen molar-refractivity contribution < 1.29 is 4.79 Å². The molecular weight excluding hydrogens is 422 g/mol. The molecule has 29 heavy (non-hydrogen) atoms. The van der Waals surface area contributed by atoms with Gasteiger partial charge in [-0.05, 0) is 55.7 Å². The molecule has 1 amide bonds. The molecule has 0 spiro atoms. The van der Waals surface area contributed by atoms with Crippen LogP contribution < -0.4 is 10.9 Å². The van der Waals surface area contributed by atoms with E-state index in [0.717, 1.165) is 40.1 Å². The summed E-state index contributed by atoms with van der Waals surface area (Å²) in [5, 5.41) is 3.74. The van der Waals surface area contributed by atoms with Crippen LogP contribution in [0.2, 0.25) is 0 Å². The summed E-state index contributed by atoms with van der Waals surface area (Å²) in [6.45, 7) is 0. The number of nitrogens with zero attached hydrogens (tertiary/aromatic N) is 1. The molecule has 2 heterocycles. The number of amides is 1. The summed E-state index contributed by atoms with van der Waals surface area (Å²) in [7, 11) is 0. The number of H-pyrrole nitrogens is 1. The van der Waals surface area contributed by atoms with Crippen LogP contribution in [0.25, 0.3) is 10.2 Å². The molecule has 1 aliphatic rings. The molecule has 0 saturated carbocycles. The van der Waals surface area contributed by atoms with E-state index in [1.165, 1.54) is 16.9 Å². The zero-order valence-corrected chi connectivity index (χ0v) is 18.7. The van der Waals surface area contributed by atoms with Gasteiger partial charge in [-0.3, -0.25) is 9.59 Å². The molecule has 4 rings (SSSR count). The minimum Gasteiger partial charge on any atom is -0.326 e. The Labute approximate surface area is 182 Å². The number of rotatable bonds is 7. The second kappa shape index (κ2) is 9.36. The Morgan fingerprint density at radius 1 is 1.31 bits per heavy atom. The molecule has 0 saturated heterocycles. The van der Waals surface area contributed by atoms with Gasteiger partial charge in [-0.25, -0.2) is 4.98 Å². The smallest absolute Gasteiger partial charge is 0.259 e. The normalized spacial score (nSPS) is 13.4. The van der Waals surface area contributed by atoms with Gasteiger partial charge in [-0.2, -0.15) is 11.8 Å². The molecule has 0 bridgehead atoms. The highest BCUT2D eigenvalue weighted by Crippen LogP contribution is 2.33. The Morgan fingerprint density at radius 3 is 3.03 bits per heavy atom. The Hall–Kier alpha value is -1.77. The number of aryl methyl sites for hydroxylation is 2. The van der Waals surface area contributed by atoms with Crippen molar-refractivity contribution in [2.24, 2.45) is 0 Å². The molecule has 0 atom stereocenters. The third kappa shape index (κ3) is 4.87. The average Bonchev–Trinajstić information content (AvgIpc) is 3.10. The number of aromatic nitrogens is 2. The van der Waals surface area contributed by atoms with Crippen molar-refractivity contribution in [3.05, 3.63) is 50.9 Å². The van der Waals surface area contributed by atoms with Crippen molar-refractivity contribution in [1.82, 2.24) is 9.97 Å². The topological polar surface area (TPSA) is 74.8 Å². The maximum atomic E-state index is 12.6. The highest BCUT2D eigenvalue weighted by atomic mass is 32.2. The maximum absolute atomic E-state index is 12.6. The number of carbonyl (C=O) groups excluding carboxylic acids is 1. The van der Waals surface area contributed by atoms with Crippen LogP contribution in [-0.4, -0.2) is 27.9 Å². The first-order valence-corrected chi connectivity index (χ1v) is 12.9. The van der Waals surface area contributed by atoms with Crippen LogP contribution in [0, 0.1) is 0 Å². The number of nitrogens with one attached hydrogen (secondary N) is 2. The molecule has 0 radical (unpaired) electrons. The Balaban J connectivity index is 1.32. The lowest BCUT2D eigenvalue weighted by Gasteiger charge is -2.09. The van der Waals surface area contributed by atoms with Gasteiger partial charge in [0.2, 0.25) is 5.91 Å². The molecule has 5 nitrogen and oxygen atoms in total. The van der Waals surface area contributed by atoms with Crippen LogP contribution in [0.1, 0.15) is 35.5 Å². The lowest BCUT2D eigenvalue weighted by molar-refractivity contribution is -0.115. The first-order valence-electron chi connectivity index (χ1n) is 9.69. The van der Waals surface area contributed by atoms with Crippen LogP contribution in [0.4, 0.5) is 5.69 Å². The van der Waals surface area contributed by atoms with Crippen molar-refractivity contribution in [3.63, 3.8) is 0 Å².